The number of aliphatic hydroxyl groups is 1. The normalized spacial score (nSPS) is 12.2. The lowest BCUT2D eigenvalue weighted by Gasteiger charge is -2.17. The Balaban J connectivity index is 1.33. The summed E-state index contributed by atoms with van der Waals surface area (Å²) in [5, 5.41) is 19.2. The van der Waals surface area contributed by atoms with Gasteiger partial charge in [-0.2, -0.15) is 0 Å². The maximum absolute atomic E-state index is 9.45. The van der Waals surface area contributed by atoms with Gasteiger partial charge in [0, 0.05) is 11.5 Å². The summed E-state index contributed by atoms with van der Waals surface area (Å²) < 4.78 is 12.5. The second-order valence-corrected chi connectivity index (χ2v) is 9.46. The standard InChI is InChI=1S/C28H24ClN7O3/c1-16(22-10-18-4-3-5-21(29)24(18)25(34-22)23-11-20(13-37)39-35-23)33-27-26-28(31-14-30-27)36(15-32-26)12-17-6-8-19(38-2)9-7-17/h3-11,14-16,37H,12-13H2,1-2H3,(H,30,31,33)/t16-/m0/s1. The molecule has 0 unspecified atom stereocenters. The highest BCUT2D eigenvalue weighted by molar-refractivity contribution is 6.36. The summed E-state index contributed by atoms with van der Waals surface area (Å²) in [6.07, 6.45) is 3.28. The first kappa shape index (κ1) is 24.8. The Morgan fingerprint density at radius 3 is 2.72 bits per heavy atom. The van der Waals surface area contributed by atoms with Crippen molar-refractivity contribution in [2.24, 2.45) is 0 Å². The first-order valence-corrected chi connectivity index (χ1v) is 12.6. The molecular weight excluding hydrogens is 518 g/mol. The zero-order valence-corrected chi connectivity index (χ0v) is 21.9. The van der Waals surface area contributed by atoms with Gasteiger partial charge in [-0.1, -0.05) is 41.0 Å². The SMILES string of the molecule is COc1ccc(Cn2cnc3c(N[C@@H](C)c4cc5cccc(Cl)c5c(-c5cc(CO)on5)n4)ncnc32)cc1. The molecule has 10 nitrogen and oxygen atoms in total. The highest BCUT2D eigenvalue weighted by atomic mass is 35.5. The lowest BCUT2D eigenvalue weighted by molar-refractivity contribution is 0.229. The van der Waals surface area contributed by atoms with E-state index in [9.17, 15) is 5.11 Å². The molecule has 0 saturated carbocycles. The number of pyridine rings is 1. The molecule has 1 atom stereocenters. The van der Waals surface area contributed by atoms with Gasteiger partial charge in [0.25, 0.3) is 0 Å². The molecule has 0 spiro atoms. The number of methoxy groups -OCH3 is 1. The summed E-state index contributed by atoms with van der Waals surface area (Å²) in [6.45, 7) is 2.34. The average Bonchev–Trinajstić information content (AvgIpc) is 3.61. The Morgan fingerprint density at radius 2 is 1.95 bits per heavy atom. The van der Waals surface area contributed by atoms with Crippen molar-refractivity contribution in [3.63, 3.8) is 0 Å². The molecule has 0 amide bonds. The summed E-state index contributed by atoms with van der Waals surface area (Å²) >= 11 is 6.56. The molecule has 39 heavy (non-hydrogen) atoms. The van der Waals surface area contributed by atoms with Gasteiger partial charge in [0.05, 0.1) is 36.7 Å². The molecule has 0 aliphatic heterocycles. The van der Waals surface area contributed by atoms with Gasteiger partial charge in [0.2, 0.25) is 0 Å². The van der Waals surface area contributed by atoms with Crippen molar-refractivity contribution in [2.45, 2.75) is 26.1 Å². The van der Waals surface area contributed by atoms with E-state index in [2.05, 4.69) is 25.4 Å². The Bertz CT molecular complexity index is 1780. The third-order valence-corrected chi connectivity index (χ3v) is 6.81. The van der Waals surface area contributed by atoms with Crippen LogP contribution in [0.25, 0.3) is 33.3 Å². The van der Waals surface area contributed by atoms with Crippen molar-refractivity contribution in [1.82, 2.24) is 29.7 Å². The van der Waals surface area contributed by atoms with Gasteiger partial charge in [-0.05, 0) is 42.1 Å². The number of benzene rings is 2. The number of aliphatic hydroxyl groups excluding tert-OH is 1. The van der Waals surface area contributed by atoms with Gasteiger partial charge in [-0.25, -0.2) is 19.9 Å². The van der Waals surface area contributed by atoms with Crippen LogP contribution in [0.2, 0.25) is 5.02 Å². The van der Waals surface area contributed by atoms with Crippen molar-refractivity contribution < 1.29 is 14.4 Å². The highest BCUT2D eigenvalue weighted by Gasteiger charge is 2.19. The second-order valence-electron chi connectivity index (χ2n) is 9.05. The fourth-order valence-corrected chi connectivity index (χ4v) is 4.77. The van der Waals surface area contributed by atoms with Crippen LogP contribution < -0.4 is 10.1 Å². The van der Waals surface area contributed by atoms with Crippen LogP contribution in [0.3, 0.4) is 0 Å². The van der Waals surface area contributed by atoms with Crippen molar-refractivity contribution in [3.05, 3.63) is 89.3 Å². The van der Waals surface area contributed by atoms with Gasteiger partial charge < -0.3 is 24.3 Å². The van der Waals surface area contributed by atoms with E-state index in [0.29, 0.717) is 45.7 Å². The van der Waals surface area contributed by atoms with E-state index < -0.39 is 0 Å². The number of anilines is 1. The minimum Gasteiger partial charge on any atom is -0.497 e. The first-order chi connectivity index (χ1) is 19.0. The molecule has 4 heterocycles. The number of hydrogen-bond acceptors (Lipinski definition) is 9. The molecule has 0 saturated heterocycles. The van der Waals surface area contributed by atoms with Crippen LogP contribution in [0, 0.1) is 0 Å². The van der Waals surface area contributed by atoms with E-state index in [1.54, 1.807) is 19.5 Å². The van der Waals surface area contributed by atoms with E-state index in [1.807, 2.05) is 60.0 Å². The minimum atomic E-state index is -0.259. The molecule has 196 valence electrons. The van der Waals surface area contributed by atoms with E-state index >= 15 is 0 Å². The lowest BCUT2D eigenvalue weighted by Crippen LogP contribution is -2.11. The predicted octanol–water partition coefficient (Wildman–Crippen LogP) is 5.41. The highest BCUT2D eigenvalue weighted by Crippen LogP contribution is 2.35. The van der Waals surface area contributed by atoms with Crippen LogP contribution in [-0.2, 0) is 13.2 Å². The molecule has 0 aliphatic rings. The van der Waals surface area contributed by atoms with Crippen molar-refractivity contribution in [1.29, 1.82) is 0 Å². The summed E-state index contributed by atoms with van der Waals surface area (Å²) in [5.41, 5.74) is 4.28. The monoisotopic (exact) mass is 541 g/mol. The Labute approximate surface area is 228 Å². The third-order valence-electron chi connectivity index (χ3n) is 6.49. The van der Waals surface area contributed by atoms with Crippen molar-refractivity contribution in [2.75, 3.05) is 12.4 Å². The molecule has 0 fully saturated rings. The van der Waals surface area contributed by atoms with Crippen LogP contribution in [-0.4, -0.2) is 41.9 Å². The number of aromatic nitrogens is 6. The number of nitrogens with zero attached hydrogens (tertiary/aromatic N) is 6. The van der Waals surface area contributed by atoms with Gasteiger partial charge in [-0.3, -0.25) is 0 Å². The van der Waals surface area contributed by atoms with Crippen LogP contribution in [0.4, 0.5) is 5.82 Å². The zero-order valence-electron chi connectivity index (χ0n) is 21.2. The number of rotatable bonds is 8. The molecule has 0 bridgehead atoms. The smallest absolute Gasteiger partial charge is 0.165 e. The van der Waals surface area contributed by atoms with Gasteiger partial charge in [0.15, 0.2) is 17.2 Å². The van der Waals surface area contributed by atoms with Crippen LogP contribution in [0.15, 0.2) is 71.8 Å². The molecule has 2 aromatic carbocycles. The van der Waals surface area contributed by atoms with Gasteiger partial charge in [0.1, 0.15) is 35.6 Å². The second kappa shape index (κ2) is 10.3. The van der Waals surface area contributed by atoms with E-state index in [-0.39, 0.29) is 12.6 Å². The largest absolute Gasteiger partial charge is 0.497 e. The topological polar surface area (TPSA) is 124 Å². The first-order valence-electron chi connectivity index (χ1n) is 12.3. The molecule has 6 rings (SSSR count). The van der Waals surface area contributed by atoms with Gasteiger partial charge in [-0.15, -0.1) is 0 Å². The third kappa shape index (κ3) is 4.75. The quantitative estimate of drug-likeness (QED) is 0.260. The average molecular weight is 542 g/mol. The Morgan fingerprint density at radius 1 is 1.10 bits per heavy atom. The van der Waals surface area contributed by atoms with Crippen LogP contribution in [0.5, 0.6) is 5.75 Å². The predicted molar refractivity (Wildman–Crippen MR) is 148 cm³/mol. The molecule has 4 aromatic heterocycles. The Hall–Kier alpha value is -4.54. The van der Waals surface area contributed by atoms with Gasteiger partial charge >= 0.3 is 0 Å². The van der Waals surface area contributed by atoms with Crippen LogP contribution >= 0.6 is 11.6 Å². The molecule has 0 radical (unpaired) electrons. The fraction of sp³-hybridized carbons (Fsp3) is 0.179. The maximum Gasteiger partial charge on any atom is 0.165 e. The number of imidazole rings is 1. The number of hydrogen-bond donors (Lipinski definition) is 2. The summed E-state index contributed by atoms with van der Waals surface area (Å²) in [5.74, 6) is 1.75. The summed E-state index contributed by atoms with van der Waals surface area (Å²) in [7, 11) is 1.65. The number of ether oxygens (including phenoxy) is 1. The Kier molecular flexibility index (Phi) is 6.55. The fourth-order valence-electron chi connectivity index (χ4n) is 4.50. The molecule has 0 aliphatic carbocycles. The molecule has 2 N–H and O–H groups in total. The van der Waals surface area contributed by atoms with E-state index in [0.717, 1.165) is 27.8 Å². The van der Waals surface area contributed by atoms with E-state index in [4.69, 9.17) is 25.8 Å². The van der Waals surface area contributed by atoms with E-state index in [1.165, 1.54) is 6.33 Å². The van der Waals surface area contributed by atoms with Crippen LogP contribution in [0.1, 0.15) is 30.0 Å². The lowest BCUT2D eigenvalue weighted by atomic mass is 10.0. The number of halogens is 1. The molecular formula is C28H24ClN7O3. The molecule has 6 aromatic rings. The maximum atomic E-state index is 9.45. The van der Waals surface area contributed by atoms with Crippen molar-refractivity contribution >= 4 is 39.4 Å². The summed E-state index contributed by atoms with van der Waals surface area (Å²) in [6, 6.07) is 17.0. The van der Waals surface area contributed by atoms with Crippen molar-refractivity contribution in [3.8, 4) is 17.1 Å². The number of nitrogens with one attached hydrogen (secondary N) is 1. The number of fused-ring (bicyclic) bond motifs is 2. The minimum absolute atomic E-state index is 0.249. The summed E-state index contributed by atoms with van der Waals surface area (Å²) in [4.78, 5) is 18.5. The molecule has 11 heteroatoms. The zero-order chi connectivity index (χ0) is 26.9.